The molecule has 5 nitrogen and oxygen atoms in total. The predicted molar refractivity (Wildman–Crippen MR) is 68.4 cm³/mol. The van der Waals surface area contributed by atoms with Gasteiger partial charge in [-0.05, 0) is 19.8 Å². The number of nitrogens with zero attached hydrogens (tertiary/aromatic N) is 2. The van der Waals surface area contributed by atoms with Gasteiger partial charge in [0.25, 0.3) is 5.56 Å². The second-order valence-corrected chi connectivity index (χ2v) is 3.76. The van der Waals surface area contributed by atoms with E-state index in [-0.39, 0.29) is 5.56 Å². The summed E-state index contributed by atoms with van der Waals surface area (Å²) in [5.74, 6) is 0.421. The first-order valence-corrected chi connectivity index (χ1v) is 6.16. The molecule has 1 heterocycles. The van der Waals surface area contributed by atoms with Crippen molar-refractivity contribution in [2.24, 2.45) is 0 Å². The maximum absolute atomic E-state index is 11.8. The Hall–Kier alpha value is -1.36. The third-order valence-electron chi connectivity index (χ3n) is 2.36. The van der Waals surface area contributed by atoms with Gasteiger partial charge in [0.2, 0.25) is 0 Å². The van der Waals surface area contributed by atoms with Gasteiger partial charge in [-0.25, -0.2) is 4.98 Å². The van der Waals surface area contributed by atoms with Gasteiger partial charge >= 0.3 is 0 Å². The Morgan fingerprint density at radius 2 is 2.24 bits per heavy atom. The summed E-state index contributed by atoms with van der Waals surface area (Å²) in [5.41, 5.74) is -0.0653. The van der Waals surface area contributed by atoms with Gasteiger partial charge in [-0.15, -0.1) is 0 Å². The highest BCUT2D eigenvalue weighted by Gasteiger charge is 2.01. The van der Waals surface area contributed by atoms with Crippen LogP contribution in [0.4, 0.5) is 5.82 Å². The average molecular weight is 239 g/mol. The lowest BCUT2D eigenvalue weighted by atomic mass is 10.4. The molecule has 0 atom stereocenters. The molecule has 96 valence electrons. The zero-order valence-corrected chi connectivity index (χ0v) is 10.6. The molecule has 0 saturated heterocycles. The minimum Gasteiger partial charge on any atom is -0.381 e. The molecular formula is C12H21N3O2. The number of anilines is 1. The van der Waals surface area contributed by atoms with Crippen molar-refractivity contribution < 1.29 is 4.74 Å². The van der Waals surface area contributed by atoms with Crippen LogP contribution in [0.15, 0.2) is 17.2 Å². The summed E-state index contributed by atoms with van der Waals surface area (Å²) in [4.78, 5) is 15.8. The fourth-order valence-corrected chi connectivity index (χ4v) is 1.44. The van der Waals surface area contributed by atoms with E-state index in [1.165, 1.54) is 0 Å². The van der Waals surface area contributed by atoms with Gasteiger partial charge in [0, 0.05) is 38.7 Å². The molecule has 0 aliphatic heterocycles. The van der Waals surface area contributed by atoms with Gasteiger partial charge in [0.05, 0.1) is 0 Å². The van der Waals surface area contributed by atoms with E-state index in [2.05, 4.69) is 17.2 Å². The summed E-state index contributed by atoms with van der Waals surface area (Å²) in [6.45, 7) is 6.90. The van der Waals surface area contributed by atoms with Gasteiger partial charge in [0.15, 0.2) is 5.82 Å². The molecule has 0 aliphatic rings. The summed E-state index contributed by atoms with van der Waals surface area (Å²) in [6, 6.07) is 0. The average Bonchev–Trinajstić information content (AvgIpc) is 2.35. The largest absolute Gasteiger partial charge is 0.381 e. The van der Waals surface area contributed by atoms with Gasteiger partial charge < -0.3 is 14.6 Å². The zero-order chi connectivity index (χ0) is 12.5. The standard InChI is InChI=1S/C12H21N3O2/c1-3-9-17-10-5-6-13-11-12(16)15(4-2)8-7-14-11/h7-8H,3-6,9-10H2,1-2H3,(H,13,14). The highest BCUT2D eigenvalue weighted by atomic mass is 16.5. The van der Waals surface area contributed by atoms with E-state index in [1.807, 2.05) is 6.92 Å². The lowest BCUT2D eigenvalue weighted by Gasteiger charge is -2.07. The van der Waals surface area contributed by atoms with Crippen LogP contribution in [0.5, 0.6) is 0 Å². The molecule has 0 spiro atoms. The van der Waals surface area contributed by atoms with Crippen LogP contribution in [0.25, 0.3) is 0 Å². The van der Waals surface area contributed by atoms with E-state index >= 15 is 0 Å². The smallest absolute Gasteiger partial charge is 0.293 e. The Bertz CT molecular complexity index is 376. The van der Waals surface area contributed by atoms with Crippen molar-refractivity contribution in [2.45, 2.75) is 33.2 Å². The summed E-state index contributed by atoms with van der Waals surface area (Å²) in [5, 5.41) is 3.04. The molecule has 5 heteroatoms. The quantitative estimate of drug-likeness (QED) is 0.698. The van der Waals surface area contributed by atoms with Crippen molar-refractivity contribution in [3.63, 3.8) is 0 Å². The van der Waals surface area contributed by atoms with E-state index in [0.29, 0.717) is 18.9 Å². The first-order chi connectivity index (χ1) is 8.29. The first-order valence-electron chi connectivity index (χ1n) is 6.16. The number of aryl methyl sites for hydroxylation is 1. The Kier molecular flexibility index (Phi) is 6.32. The molecule has 1 aromatic heterocycles. The zero-order valence-electron chi connectivity index (χ0n) is 10.6. The van der Waals surface area contributed by atoms with Crippen LogP contribution in [0.1, 0.15) is 26.7 Å². The van der Waals surface area contributed by atoms with Crippen LogP contribution < -0.4 is 10.9 Å². The maximum atomic E-state index is 11.8. The number of aromatic nitrogens is 2. The van der Waals surface area contributed by atoms with Crippen LogP contribution in [0.2, 0.25) is 0 Å². The fraction of sp³-hybridized carbons (Fsp3) is 0.667. The van der Waals surface area contributed by atoms with Crippen LogP contribution >= 0.6 is 0 Å². The van der Waals surface area contributed by atoms with Gasteiger partial charge in [-0.3, -0.25) is 4.79 Å². The van der Waals surface area contributed by atoms with Crippen molar-refractivity contribution in [1.29, 1.82) is 0 Å². The maximum Gasteiger partial charge on any atom is 0.293 e. The molecular weight excluding hydrogens is 218 g/mol. The predicted octanol–water partition coefficient (Wildman–Crippen LogP) is 1.49. The minimum absolute atomic E-state index is 0.0653. The third kappa shape index (κ3) is 4.56. The van der Waals surface area contributed by atoms with Gasteiger partial charge in [0.1, 0.15) is 0 Å². The molecule has 0 fully saturated rings. The van der Waals surface area contributed by atoms with Crippen molar-refractivity contribution in [2.75, 3.05) is 25.1 Å². The number of hydrogen-bond donors (Lipinski definition) is 1. The van der Waals surface area contributed by atoms with Crippen LogP contribution in [-0.4, -0.2) is 29.3 Å². The minimum atomic E-state index is -0.0653. The molecule has 0 radical (unpaired) electrons. The Labute approximate surface area is 102 Å². The summed E-state index contributed by atoms with van der Waals surface area (Å²) < 4.78 is 6.98. The lowest BCUT2D eigenvalue weighted by molar-refractivity contribution is 0.134. The molecule has 0 aliphatic carbocycles. The van der Waals surface area contributed by atoms with E-state index in [0.717, 1.165) is 26.1 Å². The van der Waals surface area contributed by atoms with E-state index in [1.54, 1.807) is 17.0 Å². The van der Waals surface area contributed by atoms with Crippen molar-refractivity contribution >= 4 is 5.82 Å². The van der Waals surface area contributed by atoms with E-state index < -0.39 is 0 Å². The fourth-order valence-electron chi connectivity index (χ4n) is 1.44. The number of ether oxygens (including phenoxy) is 1. The highest BCUT2D eigenvalue weighted by Crippen LogP contribution is 1.94. The molecule has 0 bridgehead atoms. The number of hydrogen-bond acceptors (Lipinski definition) is 4. The second-order valence-electron chi connectivity index (χ2n) is 3.76. The number of rotatable bonds is 8. The number of nitrogens with one attached hydrogen (secondary N) is 1. The topological polar surface area (TPSA) is 56.1 Å². The summed E-state index contributed by atoms with van der Waals surface area (Å²) >= 11 is 0. The lowest BCUT2D eigenvalue weighted by Crippen LogP contribution is -2.24. The van der Waals surface area contributed by atoms with E-state index in [4.69, 9.17) is 4.74 Å². The molecule has 17 heavy (non-hydrogen) atoms. The van der Waals surface area contributed by atoms with Crippen molar-refractivity contribution in [3.05, 3.63) is 22.7 Å². The molecule has 0 aromatic carbocycles. The SMILES string of the molecule is CCCOCCCNc1nccn(CC)c1=O. The van der Waals surface area contributed by atoms with Crippen molar-refractivity contribution in [3.8, 4) is 0 Å². The first kappa shape index (κ1) is 13.7. The summed E-state index contributed by atoms with van der Waals surface area (Å²) in [7, 11) is 0. The van der Waals surface area contributed by atoms with E-state index in [9.17, 15) is 4.79 Å². The molecule has 1 rings (SSSR count). The molecule has 1 aromatic rings. The van der Waals surface area contributed by atoms with Crippen molar-refractivity contribution in [1.82, 2.24) is 9.55 Å². The van der Waals surface area contributed by atoms with Crippen LogP contribution in [-0.2, 0) is 11.3 Å². The second kappa shape index (κ2) is 7.84. The Balaban J connectivity index is 2.34. The monoisotopic (exact) mass is 239 g/mol. The highest BCUT2D eigenvalue weighted by molar-refractivity contribution is 5.30. The van der Waals surface area contributed by atoms with Crippen LogP contribution in [0.3, 0.4) is 0 Å². The van der Waals surface area contributed by atoms with Gasteiger partial charge in [-0.2, -0.15) is 0 Å². The third-order valence-corrected chi connectivity index (χ3v) is 2.36. The normalized spacial score (nSPS) is 10.5. The van der Waals surface area contributed by atoms with Crippen LogP contribution in [0, 0.1) is 0 Å². The molecule has 1 N–H and O–H groups in total. The molecule has 0 saturated carbocycles. The molecule has 0 unspecified atom stereocenters. The Morgan fingerprint density at radius 1 is 1.41 bits per heavy atom. The summed E-state index contributed by atoms with van der Waals surface area (Å²) in [6.07, 6.45) is 5.25. The Morgan fingerprint density at radius 3 is 2.94 bits per heavy atom. The van der Waals surface area contributed by atoms with Gasteiger partial charge in [-0.1, -0.05) is 6.92 Å². The molecule has 0 amide bonds.